The fourth-order valence-corrected chi connectivity index (χ4v) is 6.23. The van der Waals surface area contributed by atoms with E-state index in [2.05, 4.69) is 104 Å². The minimum absolute atomic E-state index is 0.0647. The minimum atomic E-state index is -4.31. The molecular weight excluding hydrogens is 707 g/mol. The van der Waals surface area contributed by atoms with Crippen LogP contribution in [0.25, 0.3) is 0 Å². The van der Waals surface area contributed by atoms with Crippen LogP contribution < -0.4 is 5.32 Å². The summed E-state index contributed by atoms with van der Waals surface area (Å²) in [4.78, 5) is 23.0. The van der Waals surface area contributed by atoms with Crippen molar-refractivity contribution in [2.75, 3.05) is 40.9 Å². The molecule has 0 rings (SSSR count). The number of nitrogens with one attached hydrogen (secondary N) is 1. The Hall–Kier alpha value is -2.32. The summed E-state index contributed by atoms with van der Waals surface area (Å²) in [6.07, 6.45) is 50.7. The van der Waals surface area contributed by atoms with Crippen molar-refractivity contribution in [3.63, 3.8) is 0 Å². The molecule has 3 atom stereocenters. The summed E-state index contributed by atoms with van der Waals surface area (Å²) in [5.41, 5.74) is 0. The molecule has 0 fully saturated rings. The normalized spacial score (nSPS) is 15.3. The summed E-state index contributed by atoms with van der Waals surface area (Å²) < 4.78 is 23.4. The van der Waals surface area contributed by atoms with E-state index in [4.69, 9.17) is 9.05 Å². The topological polar surface area (TPSA) is 105 Å². The molecule has 0 aromatic rings. The monoisotopic (exact) mass is 790 g/mol. The van der Waals surface area contributed by atoms with Crippen LogP contribution in [0.5, 0.6) is 0 Å². The maximum atomic E-state index is 12.8. The van der Waals surface area contributed by atoms with Crippen molar-refractivity contribution in [3.8, 4) is 0 Å². The molecule has 0 aliphatic rings. The molecule has 1 amide bonds. The first-order chi connectivity index (χ1) is 26.5. The molecule has 3 N–H and O–H groups in total. The van der Waals surface area contributed by atoms with Gasteiger partial charge in [-0.25, -0.2) is 4.57 Å². The van der Waals surface area contributed by atoms with E-state index in [1.807, 2.05) is 21.1 Å². The number of phosphoric acid groups is 1. The predicted molar refractivity (Wildman–Crippen MR) is 235 cm³/mol. The van der Waals surface area contributed by atoms with E-state index in [-0.39, 0.29) is 19.1 Å². The maximum Gasteiger partial charge on any atom is 0.472 e. The van der Waals surface area contributed by atoms with E-state index < -0.39 is 20.0 Å². The summed E-state index contributed by atoms with van der Waals surface area (Å²) in [5.74, 6) is -0.174. The third-order valence-corrected chi connectivity index (χ3v) is 9.89. The average Bonchev–Trinajstić information content (AvgIpc) is 3.13. The Bertz CT molecular complexity index is 1170. The van der Waals surface area contributed by atoms with Gasteiger partial charge in [-0.15, -0.1) is 0 Å². The van der Waals surface area contributed by atoms with Crippen molar-refractivity contribution in [2.45, 2.75) is 161 Å². The molecule has 0 heterocycles. The number of carbonyl (C=O) groups excluding carboxylic acids is 1. The van der Waals surface area contributed by atoms with Crippen LogP contribution in [-0.2, 0) is 18.4 Å². The van der Waals surface area contributed by atoms with Crippen LogP contribution >= 0.6 is 7.82 Å². The second-order valence-corrected chi connectivity index (χ2v) is 16.8. The number of rotatable bonds is 37. The highest BCUT2D eigenvalue weighted by atomic mass is 31.2. The van der Waals surface area contributed by atoms with Gasteiger partial charge in [-0.05, 0) is 70.6 Å². The molecule has 0 saturated carbocycles. The fraction of sp³-hybridized carbons (Fsp3) is 0.674. The molecule has 0 bridgehead atoms. The van der Waals surface area contributed by atoms with Gasteiger partial charge >= 0.3 is 7.82 Å². The first kappa shape index (κ1) is 52.7. The molecule has 0 radical (unpaired) electrons. The zero-order valence-corrected chi connectivity index (χ0v) is 36.5. The first-order valence-electron chi connectivity index (χ1n) is 21.5. The third kappa shape index (κ3) is 39.7. The summed E-state index contributed by atoms with van der Waals surface area (Å²) in [6, 6.07) is -0.773. The number of unbranched alkanes of at least 4 members (excludes halogenated alkanes) is 10. The number of allylic oxidation sites excluding steroid dienone is 14. The molecule has 0 aliphatic heterocycles. The van der Waals surface area contributed by atoms with E-state index in [0.717, 1.165) is 103 Å². The highest BCUT2D eigenvalue weighted by Gasteiger charge is 2.28. The fourth-order valence-electron chi connectivity index (χ4n) is 5.49. The van der Waals surface area contributed by atoms with Crippen molar-refractivity contribution in [1.82, 2.24) is 5.32 Å². The van der Waals surface area contributed by atoms with Gasteiger partial charge in [0.05, 0.1) is 39.9 Å². The molecule has 8 nitrogen and oxygen atoms in total. The SMILES string of the molecule is CC/C=C\C/C=C\C/C=C\C/C=C\C/C=C\C/C=C\C/C=C\CCCCCCCC(=O)NC(COP(=O)(O)OCC[N+](C)(C)C)C(O)CCCCCCCC. The van der Waals surface area contributed by atoms with Crippen molar-refractivity contribution < 1.29 is 32.9 Å². The molecule has 316 valence electrons. The summed E-state index contributed by atoms with van der Waals surface area (Å²) >= 11 is 0. The van der Waals surface area contributed by atoms with Gasteiger partial charge in [0.1, 0.15) is 13.2 Å². The second-order valence-electron chi connectivity index (χ2n) is 15.3. The Morgan fingerprint density at radius 1 is 0.636 bits per heavy atom. The van der Waals surface area contributed by atoms with E-state index in [1.165, 1.54) is 19.3 Å². The molecule has 0 aromatic carbocycles. The predicted octanol–water partition coefficient (Wildman–Crippen LogP) is 11.8. The van der Waals surface area contributed by atoms with Crippen molar-refractivity contribution >= 4 is 13.7 Å². The van der Waals surface area contributed by atoms with Gasteiger partial charge < -0.3 is 19.8 Å². The number of amides is 1. The molecule has 0 saturated heterocycles. The first-order valence-corrected chi connectivity index (χ1v) is 22.9. The molecular formula is C46H82N2O6P+. The number of quaternary nitrogens is 1. The zero-order valence-electron chi connectivity index (χ0n) is 35.6. The number of likely N-dealkylation sites (N-methyl/N-ethyl adjacent to an activating group) is 1. The highest BCUT2D eigenvalue weighted by Crippen LogP contribution is 2.43. The van der Waals surface area contributed by atoms with Gasteiger partial charge in [0.25, 0.3) is 0 Å². The largest absolute Gasteiger partial charge is 0.472 e. The van der Waals surface area contributed by atoms with Gasteiger partial charge in [-0.2, -0.15) is 0 Å². The van der Waals surface area contributed by atoms with Crippen molar-refractivity contribution in [1.29, 1.82) is 0 Å². The lowest BCUT2D eigenvalue weighted by atomic mass is 10.0. The number of carbonyl (C=O) groups is 1. The van der Waals surface area contributed by atoms with Gasteiger partial charge in [0, 0.05) is 6.42 Å². The standard InChI is InChI=1S/C46H81N2O6P/c1-6-8-10-12-14-15-16-17-18-19-20-21-22-23-24-25-26-27-28-29-30-31-32-33-34-36-38-40-46(50)47-44(45(49)39-37-35-13-11-9-7-2)43-54-55(51,52)53-42-41-48(3,4)5/h8,10,14-15,17-18,20-21,23-24,26-27,29-30,44-45,49H,6-7,9,11-13,16,19,22,25,28,31-43H2,1-5H3,(H-,47,50,51,52)/p+1/b10-8-,15-14-,18-17-,21-20-,24-23-,27-26-,30-29-. The number of aliphatic hydroxyl groups is 1. The lowest BCUT2D eigenvalue weighted by Crippen LogP contribution is -2.46. The number of hydrogen-bond acceptors (Lipinski definition) is 5. The molecule has 55 heavy (non-hydrogen) atoms. The van der Waals surface area contributed by atoms with Crippen LogP contribution in [0.15, 0.2) is 85.1 Å². The smallest absolute Gasteiger partial charge is 0.391 e. The van der Waals surface area contributed by atoms with Crippen LogP contribution in [0.4, 0.5) is 0 Å². The highest BCUT2D eigenvalue weighted by molar-refractivity contribution is 7.47. The summed E-state index contributed by atoms with van der Waals surface area (Å²) in [6.45, 7) is 4.65. The lowest BCUT2D eigenvalue weighted by Gasteiger charge is -2.26. The molecule has 0 spiro atoms. The van der Waals surface area contributed by atoms with Gasteiger partial charge in [-0.1, -0.05) is 157 Å². The van der Waals surface area contributed by atoms with E-state index in [9.17, 15) is 19.4 Å². The maximum absolute atomic E-state index is 12.8. The number of phosphoric ester groups is 1. The van der Waals surface area contributed by atoms with Crippen LogP contribution in [-0.4, -0.2) is 73.4 Å². The number of aliphatic hydroxyl groups excluding tert-OH is 1. The Balaban J connectivity index is 4.20. The van der Waals surface area contributed by atoms with E-state index >= 15 is 0 Å². The second kappa shape index (κ2) is 37.3. The van der Waals surface area contributed by atoms with Crippen LogP contribution in [0.3, 0.4) is 0 Å². The molecule has 3 unspecified atom stereocenters. The summed E-state index contributed by atoms with van der Waals surface area (Å²) in [5, 5.41) is 13.8. The van der Waals surface area contributed by atoms with Crippen LogP contribution in [0.2, 0.25) is 0 Å². The van der Waals surface area contributed by atoms with Gasteiger partial charge in [0.2, 0.25) is 5.91 Å². The Kier molecular flexibility index (Phi) is 35.7. The molecule has 0 aliphatic carbocycles. The average molecular weight is 790 g/mol. The molecule has 9 heteroatoms. The number of hydrogen-bond donors (Lipinski definition) is 3. The van der Waals surface area contributed by atoms with Crippen LogP contribution in [0.1, 0.15) is 149 Å². The Labute approximate surface area is 337 Å². The van der Waals surface area contributed by atoms with Gasteiger partial charge in [-0.3, -0.25) is 13.8 Å². The quantitative estimate of drug-likeness (QED) is 0.0251. The summed E-state index contributed by atoms with van der Waals surface area (Å²) in [7, 11) is 1.58. The van der Waals surface area contributed by atoms with E-state index in [1.54, 1.807) is 0 Å². The van der Waals surface area contributed by atoms with E-state index in [0.29, 0.717) is 23.9 Å². The van der Waals surface area contributed by atoms with Crippen molar-refractivity contribution in [2.24, 2.45) is 0 Å². The van der Waals surface area contributed by atoms with Gasteiger partial charge in [0.15, 0.2) is 0 Å². The number of nitrogens with zero attached hydrogens (tertiary/aromatic N) is 1. The zero-order chi connectivity index (χ0) is 40.7. The Morgan fingerprint density at radius 3 is 1.60 bits per heavy atom. The van der Waals surface area contributed by atoms with Crippen LogP contribution in [0, 0.1) is 0 Å². The third-order valence-electron chi connectivity index (χ3n) is 8.91. The van der Waals surface area contributed by atoms with Crippen molar-refractivity contribution in [3.05, 3.63) is 85.1 Å². The lowest BCUT2D eigenvalue weighted by molar-refractivity contribution is -0.870. The Morgan fingerprint density at radius 2 is 1.09 bits per heavy atom. The molecule has 0 aromatic heterocycles. The minimum Gasteiger partial charge on any atom is -0.391 e.